The van der Waals surface area contributed by atoms with E-state index in [1.165, 1.54) is 6.92 Å². The number of nitro groups is 4. The van der Waals surface area contributed by atoms with Gasteiger partial charge < -0.3 is 5.32 Å². The van der Waals surface area contributed by atoms with Crippen LogP contribution in [-0.2, 0) is 0 Å². The van der Waals surface area contributed by atoms with Crippen LogP contribution in [0.3, 0.4) is 0 Å². The molecule has 0 amide bonds. The number of nitrogens with zero attached hydrogens (tertiary/aromatic N) is 4. The lowest BCUT2D eigenvalue weighted by atomic mass is 10.1. The number of hydrogen-bond donors (Lipinski definition) is 1. The highest BCUT2D eigenvalue weighted by Gasteiger charge is 2.58. The van der Waals surface area contributed by atoms with Crippen LogP contribution in [0.5, 0.6) is 0 Å². The molecule has 0 aliphatic carbocycles. The van der Waals surface area contributed by atoms with Crippen LogP contribution in [0.4, 0.5) is 4.39 Å². The summed E-state index contributed by atoms with van der Waals surface area (Å²) in [5.41, 5.74) is -2.58. The lowest BCUT2D eigenvalue weighted by Crippen LogP contribution is -2.54. The molecule has 0 bridgehead atoms. The lowest BCUT2D eigenvalue weighted by molar-refractivity contribution is -0.832. The third-order valence-corrected chi connectivity index (χ3v) is 2.83. The molecule has 0 saturated carbocycles. The molecule has 0 aliphatic rings. The van der Waals surface area contributed by atoms with Crippen molar-refractivity contribution in [3.05, 3.63) is 40.5 Å². The van der Waals surface area contributed by atoms with E-state index < -0.39 is 57.2 Å². The molecule has 0 saturated heterocycles. The minimum atomic E-state index is -3.95. The Balaban J connectivity index is 4.75. The molecule has 0 rings (SSSR count). The summed E-state index contributed by atoms with van der Waals surface area (Å²) in [6, 6.07) is 0. The molecule has 0 aliphatic heterocycles. The molecule has 0 radical (unpaired) electrons. The summed E-state index contributed by atoms with van der Waals surface area (Å²) in [7, 11) is 0. The van der Waals surface area contributed by atoms with Gasteiger partial charge in [-0.1, -0.05) is 11.3 Å². The van der Waals surface area contributed by atoms with E-state index in [0.717, 1.165) is 0 Å². The first-order chi connectivity index (χ1) is 9.54. The van der Waals surface area contributed by atoms with Gasteiger partial charge in [-0.2, -0.15) is 0 Å². The van der Waals surface area contributed by atoms with Crippen molar-refractivity contribution in [1.82, 2.24) is 5.32 Å². The second-order valence-electron chi connectivity index (χ2n) is 4.01. The standard InChI is InChI=1S/C7H12FN5O8/c1-2-6(10(14)15,11(16)17)5-9-4-3-7(8,12(18)19)13(20)21/h9H,2-5H2,1H3. The number of halogens is 1. The van der Waals surface area contributed by atoms with E-state index in [4.69, 9.17) is 0 Å². The van der Waals surface area contributed by atoms with Gasteiger partial charge in [0.2, 0.25) is 0 Å². The van der Waals surface area contributed by atoms with Crippen LogP contribution in [0.15, 0.2) is 0 Å². The molecule has 0 aromatic rings. The Morgan fingerprint density at radius 1 is 0.952 bits per heavy atom. The number of nitrogens with one attached hydrogen (secondary N) is 1. The molecule has 14 heteroatoms. The van der Waals surface area contributed by atoms with Crippen LogP contribution in [0.25, 0.3) is 0 Å². The fourth-order valence-electron chi connectivity index (χ4n) is 1.36. The first-order valence-corrected chi connectivity index (χ1v) is 5.52. The first kappa shape index (κ1) is 18.5. The quantitative estimate of drug-likeness (QED) is 0.187. The zero-order valence-corrected chi connectivity index (χ0v) is 10.8. The average molecular weight is 313 g/mol. The SMILES string of the molecule is CCC(CNCCC(F)([N+](=O)[O-])[N+](=O)[O-])([N+](=O)[O-])[N+](=O)[O-]. The maximum atomic E-state index is 13.4. The van der Waals surface area contributed by atoms with Gasteiger partial charge in [-0.05, 0) is 0 Å². The van der Waals surface area contributed by atoms with Gasteiger partial charge in [0.25, 0.3) is 0 Å². The predicted molar refractivity (Wildman–Crippen MR) is 62.3 cm³/mol. The van der Waals surface area contributed by atoms with Crippen molar-refractivity contribution >= 4 is 0 Å². The normalized spacial score (nSPS) is 11.9. The third kappa shape index (κ3) is 3.74. The van der Waals surface area contributed by atoms with Crippen molar-refractivity contribution in [1.29, 1.82) is 0 Å². The molecule has 0 aromatic carbocycles. The van der Waals surface area contributed by atoms with Crippen molar-refractivity contribution in [3.8, 4) is 0 Å². The van der Waals surface area contributed by atoms with Gasteiger partial charge in [-0.25, -0.2) is 0 Å². The largest absolute Gasteiger partial charge is 0.614 e. The number of alkyl halides is 1. The van der Waals surface area contributed by atoms with Crippen molar-refractivity contribution in [2.24, 2.45) is 0 Å². The summed E-state index contributed by atoms with van der Waals surface area (Å²) in [6.45, 7) is -0.391. The van der Waals surface area contributed by atoms with Crippen molar-refractivity contribution in [3.63, 3.8) is 0 Å². The second-order valence-corrected chi connectivity index (χ2v) is 4.01. The third-order valence-electron chi connectivity index (χ3n) is 2.83. The molecule has 0 spiro atoms. The van der Waals surface area contributed by atoms with E-state index in [2.05, 4.69) is 5.32 Å². The van der Waals surface area contributed by atoms with Gasteiger partial charge in [0.1, 0.15) is 22.8 Å². The first-order valence-electron chi connectivity index (χ1n) is 5.52. The van der Waals surface area contributed by atoms with Gasteiger partial charge in [0.05, 0.1) is 16.3 Å². The summed E-state index contributed by atoms with van der Waals surface area (Å²) < 4.78 is 13.4. The molecule has 13 nitrogen and oxygen atoms in total. The molecule has 0 aromatic heterocycles. The topological polar surface area (TPSA) is 185 Å². The minimum absolute atomic E-state index is 0.495. The highest BCUT2D eigenvalue weighted by Crippen LogP contribution is 2.18. The van der Waals surface area contributed by atoms with Crippen molar-refractivity contribution in [2.45, 2.75) is 31.3 Å². The minimum Gasteiger partial charge on any atom is -0.303 e. The highest BCUT2D eigenvalue weighted by atomic mass is 19.2. The van der Waals surface area contributed by atoms with Crippen molar-refractivity contribution < 1.29 is 24.1 Å². The van der Waals surface area contributed by atoms with Gasteiger partial charge in [-0.15, -0.1) is 0 Å². The Hall–Kier alpha value is -2.51. The maximum Gasteiger partial charge on any atom is 0.614 e. The number of rotatable bonds is 10. The molecule has 1 N–H and O–H groups in total. The fourth-order valence-corrected chi connectivity index (χ4v) is 1.36. The summed E-state index contributed by atoms with van der Waals surface area (Å²) in [5.74, 6) is -3.95. The lowest BCUT2D eigenvalue weighted by Gasteiger charge is -2.16. The van der Waals surface area contributed by atoms with E-state index in [1.54, 1.807) is 0 Å². The molecular weight excluding hydrogens is 301 g/mol. The van der Waals surface area contributed by atoms with Gasteiger partial charge in [0, 0.05) is 6.54 Å². The highest BCUT2D eigenvalue weighted by molar-refractivity contribution is 4.69. The van der Waals surface area contributed by atoms with Gasteiger partial charge in [0.15, 0.2) is 0 Å². The molecule has 0 fully saturated rings. The fraction of sp³-hybridized carbons (Fsp3) is 1.00. The van der Waals surface area contributed by atoms with E-state index in [9.17, 15) is 44.8 Å². The summed E-state index contributed by atoms with van der Waals surface area (Å²) >= 11 is 0. The van der Waals surface area contributed by atoms with Crippen LogP contribution < -0.4 is 5.32 Å². The molecule has 0 atom stereocenters. The Bertz CT molecular complexity index is 428. The Kier molecular flexibility index (Phi) is 5.97. The Labute approximate surface area is 115 Å². The molecule has 120 valence electrons. The van der Waals surface area contributed by atoms with Crippen molar-refractivity contribution in [2.75, 3.05) is 13.1 Å². The monoisotopic (exact) mass is 313 g/mol. The Morgan fingerprint density at radius 2 is 1.38 bits per heavy atom. The van der Waals surface area contributed by atoms with E-state index >= 15 is 0 Å². The smallest absolute Gasteiger partial charge is 0.303 e. The van der Waals surface area contributed by atoms with Crippen LogP contribution in [-0.4, -0.2) is 44.4 Å². The van der Waals surface area contributed by atoms with Gasteiger partial charge in [-0.3, -0.25) is 40.5 Å². The predicted octanol–water partition coefficient (Wildman–Crippen LogP) is -0.197. The number of hydrogen-bond acceptors (Lipinski definition) is 9. The summed E-state index contributed by atoms with van der Waals surface area (Å²) in [5, 5.41) is 44.1. The molecule has 0 heterocycles. The van der Waals surface area contributed by atoms with Crippen LogP contribution >= 0.6 is 0 Å². The molecule has 21 heavy (non-hydrogen) atoms. The van der Waals surface area contributed by atoms with E-state index in [0.29, 0.717) is 0 Å². The average Bonchev–Trinajstić information content (AvgIpc) is 2.37. The zero-order chi connectivity index (χ0) is 16.8. The van der Waals surface area contributed by atoms with E-state index in [1.807, 2.05) is 0 Å². The van der Waals surface area contributed by atoms with Gasteiger partial charge >= 0.3 is 11.6 Å². The van der Waals surface area contributed by atoms with Crippen LogP contribution in [0, 0.1) is 40.5 Å². The molecular formula is C7H12FN5O8. The van der Waals surface area contributed by atoms with Crippen LogP contribution in [0.2, 0.25) is 0 Å². The summed E-state index contributed by atoms with van der Waals surface area (Å²) in [4.78, 5) is 36.2. The maximum absolute atomic E-state index is 13.4. The second kappa shape index (κ2) is 6.78. The summed E-state index contributed by atoms with van der Waals surface area (Å²) in [6.07, 6.45) is -1.73. The molecule has 0 unspecified atom stereocenters. The van der Waals surface area contributed by atoms with E-state index in [-0.39, 0.29) is 0 Å². The Morgan fingerprint density at radius 3 is 1.67 bits per heavy atom. The zero-order valence-electron chi connectivity index (χ0n) is 10.8. The van der Waals surface area contributed by atoms with Crippen LogP contribution in [0.1, 0.15) is 19.8 Å².